The van der Waals surface area contributed by atoms with Crippen molar-refractivity contribution in [3.63, 3.8) is 0 Å². The summed E-state index contributed by atoms with van der Waals surface area (Å²) in [6.45, 7) is 14.6. The van der Waals surface area contributed by atoms with Gasteiger partial charge in [0, 0.05) is 36.6 Å². The summed E-state index contributed by atoms with van der Waals surface area (Å²) in [5.41, 5.74) is 1.96. The third kappa shape index (κ3) is 23.7. The summed E-state index contributed by atoms with van der Waals surface area (Å²) >= 11 is 0. The van der Waals surface area contributed by atoms with Gasteiger partial charge in [-0.25, -0.2) is 9.59 Å². The molecule has 0 aliphatic rings. The van der Waals surface area contributed by atoms with Gasteiger partial charge in [-0.3, -0.25) is 9.59 Å². The average Bonchev–Trinajstić information content (AvgIpc) is 3.22. The number of ether oxygens (including phenoxy) is 6. The van der Waals surface area contributed by atoms with E-state index in [9.17, 15) is 14.4 Å². The van der Waals surface area contributed by atoms with Gasteiger partial charge in [0.1, 0.15) is 35.6 Å². The maximum Gasteiger partial charge on any atom is 0.343 e. The Morgan fingerprint density at radius 1 is 0.691 bits per heavy atom. The van der Waals surface area contributed by atoms with Gasteiger partial charge in [-0.1, -0.05) is 33.4 Å². The summed E-state index contributed by atoms with van der Waals surface area (Å²) in [7, 11) is 3.26. The van der Waals surface area contributed by atoms with E-state index < -0.39 is 11.9 Å². The van der Waals surface area contributed by atoms with Crippen LogP contribution >= 0.6 is 0 Å². The third-order valence-corrected chi connectivity index (χ3v) is 7.22. The minimum Gasteiger partial charge on any atom is -0.496 e. The lowest BCUT2D eigenvalue weighted by Gasteiger charge is -2.11. The number of hydrogen-bond acceptors (Lipinski definition) is 11. The van der Waals surface area contributed by atoms with E-state index in [1.54, 1.807) is 68.6 Å². The Morgan fingerprint density at radius 2 is 1.18 bits per heavy atom. The molecule has 0 aromatic heterocycles. The topological polar surface area (TPSA) is 148 Å². The Labute approximate surface area is 327 Å². The van der Waals surface area contributed by atoms with Crippen LogP contribution in [0.1, 0.15) is 98.4 Å². The van der Waals surface area contributed by atoms with E-state index in [4.69, 9.17) is 38.6 Å². The van der Waals surface area contributed by atoms with Crippen molar-refractivity contribution >= 4 is 30.2 Å². The Kier molecular flexibility index (Phi) is 29.7. The second-order valence-electron chi connectivity index (χ2n) is 11.3. The molecule has 3 aromatic carbocycles. The van der Waals surface area contributed by atoms with E-state index in [1.165, 1.54) is 19.6 Å². The van der Waals surface area contributed by atoms with E-state index in [2.05, 4.69) is 13.2 Å². The molecule has 3 aromatic rings. The molecule has 0 atom stereocenters. The largest absolute Gasteiger partial charge is 0.496 e. The standard InChI is InChI=1S/C25H29NO6.C14H20O3.C3H4O.C2H6/c1-4-24(27)31-16-8-6-5-7-15-30-20-11-9-19(10-12-20)25(28)32-21-13-14-23(29-3)22(17-21)18(2)26;1-16-10-4-2-3-5-11-17-14-8-6-13(12-15)7-9-14;1-2-3-4;1-2/h4,9-14,17,26H,1,5-8,15-16H2,2-3H3;6-9,12H,2-5,10-11H2,1H3;2-3H,1H2;1-2H3. The molecule has 0 aliphatic carbocycles. The van der Waals surface area contributed by atoms with Crippen molar-refractivity contribution in [3.8, 4) is 23.0 Å². The number of hydrogen-bond donors (Lipinski definition) is 1. The molecule has 11 nitrogen and oxygen atoms in total. The lowest BCUT2D eigenvalue weighted by molar-refractivity contribution is -0.137. The van der Waals surface area contributed by atoms with Gasteiger partial charge in [0.2, 0.25) is 0 Å². The predicted octanol–water partition coefficient (Wildman–Crippen LogP) is 9.45. The van der Waals surface area contributed by atoms with Gasteiger partial charge in [-0.2, -0.15) is 0 Å². The van der Waals surface area contributed by atoms with E-state index in [0.29, 0.717) is 59.2 Å². The van der Waals surface area contributed by atoms with Crippen LogP contribution in [0.4, 0.5) is 0 Å². The quantitative estimate of drug-likeness (QED) is 0.0247. The number of esters is 2. The van der Waals surface area contributed by atoms with Crippen molar-refractivity contribution in [1.29, 1.82) is 5.41 Å². The maximum atomic E-state index is 12.4. The number of carbonyl (C=O) groups excluding carboxylic acids is 4. The first-order chi connectivity index (χ1) is 26.7. The van der Waals surface area contributed by atoms with E-state index in [1.807, 2.05) is 26.0 Å². The Hall–Kier alpha value is -5.55. The first-order valence-electron chi connectivity index (χ1n) is 18.4. The molecular formula is C44H59NO10. The summed E-state index contributed by atoms with van der Waals surface area (Å²) in [5, 5.41) is 7.83. The Morgan fingerprint density at radius 3 is 1.64 bits per heavy atom. The molecule has 0 heterocycles. The fourth-order valence-electron chi connectivity index (χ4n) is 4.41. The Balaban J connectivity index is 0.00000106. The SMILES string of the molecule is C=CC(=O)OCCCCCCOc1ccc(C(=O)Oc2ccc(OC)c(C(C)=N)c2)cc1.C=CC=O.CC.COCCCCCCOc1ccc(C=O)cc1. The highest BCUT2D eigenvalue weighted by molar-refractivity contribution is 5.99. The van der Waals surface area contributed by atoms with Crippen LogP contribution in [-0.2, 0) is 19.1 Å². The van der Waals surface area contributed by atoms with Crippen LogP contribution in [0.25, 0.3) is 0 Å². The van der Waals surface area contributed by atoms with Crippen molar-refractivity contribution in [2.24, 2.45) is 0 Å². The summed E-state index contributed by atoms with van der Waals surface area (Å²) in [4.78, 5) is 42.9. The van der Waals surface area contributed by atoms with Crippen molar-refractivity contribution in [3.05, 3.63) is 109 Å². The molecule has 0 spiro atoms. The summed E-state index contributed by atoms with van der Waals surface area (Å²) in [6, 6.07) is 18.9. The number of methoxy groups -OCH3 is 2. The zero-order valence-corrected chi connectivity index (χ0v) is 33.1. The van der Waals surface area contributed by atoms with Gasteiger partial charge < -0.3 is 33.8 Å². The number of benzene rings is 3. The zero-order chi connectivity index (χ0) is 41.1. The fourth-order valence-corrected chi connectivity index (χ4v) is 4.41. The van der Waals surface area contributed by atoms with Crippen molar-refractivity contribution < 1.29 is 47.6 Å². The lowest BCUT2D eigenvalue weighted by Crippen LogP contribution is -2.09. The first kappa shape index (κ1) is 49.5. The molecule has 0 unspecified atom stereocenters. The number of carbonyl (C=O) groups is 4. The van der Waals surface area contributed by atoms with E-state index in [0.717, 1.165) is 76.3 Å². The van der Waals surface area contributed by atoms with E-state index in [-0.39, 0.29) is 0 Å². The van der Waals surface area contributed by atoms with Gasteiger partial charge in [-0.05, 0) is 125 Å². The molecule has 0 fully saturated rings. The van der Waals surface area contributed by atoms with Crippen LogP contribution in [0.5, 0.6) is 23.0 Å². The summed E-state index contributed by atoms with van der Waals surface area (Å²) in [6.07, 6.45) is 11.9. The molecule has 0 saturated carbocycles. The molecule has 0 radical (unpaired) electrons. The number of allylic oxidation sites excluding steroid dienone is 1. The number of aldehydes is 2. The van der Waals surface area contributed by atoms with E-state index >= 15 is 0 Å². The number of unbranched alkanes of at least 4 members (excludes halogenated alkanes) is 6. The highest BCUT2D eigenvalue weighted by atomic mass is 16.5. The molecule has 300 valence electrons. The molecule has 0 bridgehead atoms. The smallest absolute Gasteiger partial charge is 0.343 e. The molecule has 55 heavy (non-hydrogen) atoms. The van der Waals surface area contributed by atoms with Crippen LogP contribution < -0.4 is 18.9 Å². The summed E-state index contributed by atoms with van der Waals surface area (Å²) < 4.78 is 31.8. The molecule has 3 rings (SSSR count). The molecule has 0 amide bonds. The van der Waals surface area contributed by atoms with Crippen LogP contribution in [-0.4, -0.2) is 70.9 Å². The highest BCUT2D eigenvalue weighted by Crippen LogP contribution is 2.25. The first-order valence-corrected chi connectivity index (χ1v) is 18.4. The molecule has 1 N–H and O–H groups in total. The fraction of sp³-hybridized carbons (Fsp3) is 0.386. The van der Waals surface area contributed by atoms with Crippen LogP contribution in [0.2, 0.25) is 0 Å². The monoisotopic (exact) mass is 761 g/mol. The highest BCUT2D eigenvalue weighted by Gasteiger charge is 2.12. The van der Waals surface area contributed by atoms with Crippen LogP contribution in [0.15, 0.2) is 92.0 Å². The van der Waals surface area contributed by atoms with Gasteiger partial charge in [-0.15, -0.1) is 0 Å². The maximum absolute atomic E-state index is 12.4. The average molecular weight is 762 g/mol. The zero-order valence-electron chi connectivity index (χ0n) is 33.1. The van der Waals surface area contributed by atoms with Gasteiger partial charge in [0.15, 0.2) is 0 Å². The second kappa shape index (κ2) is 33.1. The normalized spacial score (nSPS) is 9.55. The minimum atomic E-state index is -0.493. The molecular weight excluding hydrogens is 702 g/mol. The van der Waals surface area contributed by atoms with Crippen molar-refractivity contribution in [2.75, 3.05) is 40.6 Å². The molecule has 11 heteroatoms. The number of rotatable bonds is 23. The lowest BCUT2D eigenvalue weighted by atomic mass is 10.1. The number of nitrogens with one attached hydrogen (secondary N) is 1. The van der Waals surface area contributed by atoms with Gasteiger partial charge in [0.25, 0.3) is 0 Å². The van der Waals surface area contributed by atoms with Crippen molar-refractivity contribution in [2.45, 2.75) is 72.1 Å². The molecule has 0 aliphatic heterocycles. The van der Waals surface area contributed by atoms with Crippen LogP contribution in [0, 0.1) is 5.41 Å². The predicted molar refractivity (Wildman–Crippen MR) is 217 cm³/mol. The second-order valence-corrected chi connectivity index (χ2v) is 11.3. The van der Waals surface area contributed by atoms with Crippen molar-refractivity contribution in [1.82, 2.24) is 0 Å². The third-order valence-electron chi connectivity index (χ3n) is 7.22. The van der Waals surface area contributed by atoms with Gasteiger partial charge >= 0.3 is 11.9 Å². The minimum absolute atomic E-state index is 0.317. The van der Waals surface area contributed by atoms with Crippen LogP contribution in [0.3, 0.4) is 0 Å². The Bertz CT molecular complexity index is 1530. The summed E-state index contributed by atoms with van der Waals surface area (Å²) in [5.74, 6) is 1.51. The van der Waals surface area contributed by atoms with Gasteiger partial charge in [0.05, 0.1) is 32.5 Å². The molecule has 0 saturated heterocycles.